The summed E-state index contributed by atoms with van der Waals surface area (Å²) in [5.41, 5.74) is 3.13. The van der Waals surface area contributed by atoms with Crippen LogP contribution in [0.3, 0.4) is 0 Å². The maximum atomic E-state index is 11.4. The lowest BCUT2D eigenvalue weighted by atomic mass is 10.1. The van der Waals surface area contributed by atoms with Crippen molar-refractivity contribution in [2.45, 2.75) is 30.4 Å². The predicted molar refractivity (Wildman–Crippen MR) is 77.7 cm³/mol. The molecule has 2 N–H and O–H groups in total. The summed E-state index contributed by atoms with van der Waals surface area (Å²) in [4.78, 5) is 19.5. The number of aryl methyl sites for hydroxylation is 2. The molecule has 0 atom stereocenters. The van der Waals surface area contributed by atoms with E-state index in [0.717, 1.165) is 17.1 Å². The highest BCUT2D eigenvalue weighted by atomic mass is 32.2. The average molecular weight is 275 g/mol. The Hall–Kier alpha value is -1.59. The van der Waals surface area contributed by atoms with Gasteiger partial charge in [0.25, 0.3) is 5.56 Å². The van der Waals surface area contributed by atoms with Gasteiger partial charge in [-0.05, 0) is 44.2 Å². The molecule has 0 amide bonds. The first-order valence-corrected chi connectivity index (χ1v) is 6.90. The summed E-state index contributed by atoms with van der Waals surface area (Å²) in [6.07, 6.45) is 0. The van der Waals surface area contributed by atoms with Crippen molar-refractivity contribution < 1.29 is 0 Å². The molecule has 0 saturated carbocycles. The third-order valence-corrected chi connectivity index (χ3v) is 3.62. The number of aromatic nitrogens is 2. The minimum Gasteiger partial charge on any atom is -0.316 e. The zero-order valence-corrected chi connectivity index (χ0v) is 12.1. The van der Waals surface area contributed by atoms with E-state index in [4.69, 9.17) is 0 Å². The normalized spacial score (nSPS) is 10.7. The van der Waals surface area contributed by atoms with Gasteiger partial charge in [-0.25, -0.2) is 4.98 Å². The molecule has 1 heterocycles. The fourth-order valence-electron chi connectivity index (χ4n) is 1.83. The van der Waals surface area contributed by atoms with Crippen molar-refractivity contribution in [2.24, 2.45) is 0 Å². The smallest absolute Gasteiger partial charge is 0.251 e. The highest BCUT2D eigenvalue weighted by Crippen LogP contribution is 2.25. The second-order valence-electron chi connectivity index (χ2n) is 4.41. The van der Waals surface area contributed by atoms with E-state index >= 15 is 0 Å². The Morgan fingerprint density at radius 1 is 1.32 bits per heavy atom. The summed E-state index contributed by atoms with van der Waals surface area (Å²) in [5, 5.41) is 3.77. The van der Waals surface area contributed by atoms with Crippen molar-refractivity contribution in [3.05, 3.63) is 51.4 Å². The Bertz CT molecular complexity index is 637. The van der Waals surface area contributed by atoms with Crippen molar-refractivity contribution in [1.82, 2.24) is 15.3 Å². The Morgan fingerprint density at radius 2 is 2.11 bits per heavy atom. The lowest BCUT2D eigenvalue weighted by molar-refractivity contribution is 0.810. The zero-order valence-electron chi connectivity index (χ0n) is 11.3. The minimum atomic E-state index is -0.112. The molecule has 0 radical (unpaired) electrons. The van der Waals surface area contributed by atoms with Crippen LogP contribution in [0, 0.1) is 13.8 Å². The van der Waals surface area contributed by atoms with Crippen molar-refractivity contribution in [3.63, 3.8) is 0 Å². The van der Waals surface area contributed by atoms with Gasteiger partial charge < -0.3 is 10.3 Å². The van der Waals surface area contributed by atoms with E-state index in [9.17, 15) is 4.79 Å². The van der Waals surface area contributed by atoms with Crippen molar-refractivity contribution in [3.8, 4) is 0 Å². The van der Waals surface area contributed by atoms with Gasteiger partial charge in [0.1, 0.15) is 0 Å². The summed E-state index contributed by atoms with van der Waals surface area (Å²) in [7, 11) is 1.93. The number of aromatic amines is 1. The Morgan fingerprint density at radius 3 is 2.74 bits per heavy atom. The van der Waals surface area contributed by atoms with Gasteiger partial charge in [-0.15, -0.1) is 0 Å². The molecule has 0 spiro atoms. The molecule has 0 aliphatic rings. The lowest BCUT2D eigenvalue weighted by Gasteiger charge is -2.07. The van der Waals surface area contributed by atoms with E-state index in [2.05, 4.69) is 34.3 Å². The molecule has 0 aliphatic heterocycles. The van der Waals surface area contributed by atoms with Crippen LogP contribution >= 0.6 is 11.8 Å². The van der Waals surface area contributed by atoms with Crippen LogP contribution in [0.2, 0.25) is 0 Å². The Labute approximate surface area is 116 Å². The van der Waals surface area contributed by atoms with E-state index in [-0.39, 0.29) is 5.56 Å². The number of benzene rings is 1. The van der Waals surface area contributed by atoms with Crippen LogP contribution < -0.4 is 10.9 Å². The van der Waals surface area contributed by atoms with Crippen LogP contribution in [-0.2, 0) is 6.54 Å². The molecule has 0 bridgehead atoms. The quantitative estimate of drug-likeness (QED) is 0.840. The molecule has 0 unspecified atom stereocenters. The molecular formula is C14H17N3OS. The molecule has 2 rings (SSSR count). The Balaban J connectivity index is 2.23. The number of hydrogen-bond acceptors (Lipinski definition) is 4. The molecule has 1 aromatic heterocycles. The van der Waals surface area contributed by atoms with Crippen molar-refractivity contribution >= 4 is 11.8 Å². The van der Waals surface area contributed by atoms with E-state index in [1.807, 2.05) is 20.0 Å². The highest BCUT2D eigenvalue weighted by molar-refractivity contribution is 7.99. The highest BCUT2D eigenvalue weighted by Gasteiger charge is 2.04. The summed E-state index contributed by atoms with van der Waals surface area (Å²) in [5.74, 6) is 0. The number of nitrogens with zero attached hydrogens (tertiary/aromatic N) is 1. The second-order valence-corrected chi connectivity index (χ2v) is 5.47. The second kappa shape index (κ2) is 6.04. The van der Waals surface area contributed by atoms with Crippen LogP contribution in [0.15, 0.2) is 39.1 Å². The molecule has 1 aromatic carbocycles. The van der Waals surface area contributed by atoms with Gasteiger partial charge in [-0.2, -0.15) is 0 Å². The first kappa shape index (κ1) is 13.8. The van der Waals surface area contributed by atoms with Crippen molar-refractivity contribution in [2.75, 3.05) is 7.05 Å². The fourth-order valence-corrected chi connectivity index (χ4v) is 2.77. The van der Waals surface area contributed by atoms with Gasteiger partial charge in [0.15, 0.2) is 5.16 Å². The average Bonchev–Trinajstić information content (AvgIpc) is 2.31. The van der Waals surface area contributed by atoms with Crippen LogP contribution in [0.25, 0.3) is 0 Å². The molecule has 0 fully saturated rings. The predicted octanol–water partition coefficient (Wildman–Crippen LogP) is 2.26. The number of hydrogen-bond donors (Lipinski definition) is 2. The summed E-state index contributed by atoms with van der Waals surface area (Å²) in [6, 6.07) is 7.75. The SMILES string of the molecule is CNCc1ccc(Sc2nc(C)cc(=O)[nH]2)cc1C. The van der Waals surface area contributed by atoms with Gasteiger partial charge in [-0.3, -0.25) is 4.79 Å². The number of nitrogens with one attached hydrogen (secondary N) is 2. The van der Waals surface area contributed by atoms with Crippen LogP contribution in [0.4, 0.5) is 0 Å². The molecule has 0 aliphatic carbocycles. The van der Waals surface area contributed by atoms with Crippen LogP contribution in [0.1, 0.15) is 16.8 Å². The van der Waals surface area contributed by atoms with Gasteiger partial charge >= 0.3 is 0 Å². The summed E-state index contributed by atoms with van der Waals surface area (Å²) >= 11 is 1.47. The molecule has 2 aromatic rings. The van der Waals surface area contributed by atoms with Crippen molar-refractivity contribution in [1.29, 1.82) is 0 Å². The standard InChI is InChI=1S/C14H17N3OS/c1-9-6-12(5-4-11(9)8-15-3)19-14-16-10(2)7-13(18)17-14/h4-7,15H,8H2,1-3H3,(H,16,17,18). The topological polar surface area (TPSA) is 57.8 Å². The van der Waals surface area contributed by atoms with Gasteiger partial charge in [-0.1, -0.05) is 17.8 Å². The molecule has 100 valence electrons. The zero-order chi connectivity index (χ0) is 13.8. The van der Waals surface area contributed by atoms with E-state index < -0.39 is 0 Å². The van der Waals surface area contributed by atoms with Crippen LogP contribution in [0.5, 0.6) is 0 Å². The lowest BCUT2D eigenvalue weighted by Crippen LogP contribution is -2.08. The maximum absolute atomic E-state index is 11.4. The van der Waals surface area contributed by atoms with E-state index in [0.29, 0.717) is 5.16 Å². The summed E-state index contributed by atoms with van der Waals surface area (Å²) < 4.78 is 0. The fraction of sp³-hybridized carbons (Fsp3) is 0.286. The monoisotopic (exact) mass is 275 g/mol. The molecule has 19 heavy (non-hydrogen) atoms. The molecular weight excluding hydrogens is 258 g/mol. The largest absolute Gasteiger partial charge is 0.316 e. The first-order chi connectivity index (χ1) is 9.08. The number of rotatable bonds is 4. The third kappa shape index (κ3) is 3.68. The van der Waals surface area contributed by atoms with Gasteiger partial charge in [0.2, 0.25) is 0 Å². The minimum absolute atomic E-state index is 0.112. The van der Waals surface area contributed by atoms with E-state index in [1.165, 1.54) is 29.0 Å². The van der Waals surface area contributed by atoms with Crippen LogP contribution in [-0.4, -0.2) is 17.0 Å². The third-order valence-electron chi connectivity index (χ3n) is 2.74. The summed E-state index contributed by atoms with van der Waals surface area (Å²) in [6.45, 7) is 4.76. The maximum Gasteiger partial charge on any atom is 0.251 e. The molecule has 5 heteroatoms. The Kier molecular flexibility index (Phi) is 4.39. The van der Waals surface area contributed by atoms with Gasteiger partial charge in [0, 0.05) is 23.2 Å². The molecule has 0 saturated heterocycles. The van der Waals surface area contributed by atoms with Gasteiger partial charge in [0.05, 0.1) is 0 Å². The van der Waals surface area contributed by atoms with E-state index in [1.54, 1.807) is 0 Å². The molecule has 4 nitrogen and oxygen atoms in total. The number of H-pyrrole nitrogens is 1. The first-order valence-electron chi connectivity index (χ1n) is 6.08.